The number of ether oxygens (including phenoxy) is 1. The molecule has 1 fully saturated rings. The summed E-state index contributed by atoms with van der Waals surface area (Å²) < 4.78 is 5.24. The molecule has 0 radical (unpaired) electrons. The fourth-order valence-corrected chi connectivity index (χ4v) is 2.34. The van der Waals surface area contributed by atoms with Crippen LogP contribution >= 0.6 is 0 Å². The second-order valence-electron chi connectivity index (χ2n) is 5.05. The summed E-state index contributed by atoms with van der Waals surface area (Å²) in [6.45, 7) is 4.83. The summed E-state index contributed by atoms with van der Waals surface area (Å²) in [5.74, 6) is 0.861. The standard InChI is InChI=1S/C15H19NO3/c1-10-4-5-12(8-14(10)19-3)15(18)16-7-6-13(17)11(2)9-16/h4-5,8,11H,6-7,9H2,1-3H3. The number of Topliss-reactive ketones (excluding diaryl/α,β-unsaturated/α-hetero) is 1. The summed E-state index contributed by atoms with van der Waals surface area (Å²) in [6.07, 6.45) is 0.454. The number of likely N-dealkylation sites (tertiary alicyclic amines) is 1. The molecule has 1 amide bonds. The number of ketones is 1. The number of aryl methyl sites for hydroxylation is 1. The Hall–Kier alpha value is -1.84. The molecule has 0 N–H and O–H groups in total. The highest BCUT2D eigenvalue weighted by Crippen LogP contribution is 2.21. The zero-order valence-corrected chi connectivity index (χ0v) is 11.6. The van der Waals surface area contributed by atoms with Crippen LogP contribution in [0.15, 0.2) is 18.2 Å². The number of hydrogen-bond acceptors (Lipinski definition) is 3. The van der Waals surface area contributed by atoms with Crippen LogP contribution in [-0.2, 0) is 4.79 Å². The number of carbonyl (C=O) groups excluding carboxylic acids is 2. The van der Waals surface area contributed by atoms with Crippen LogP contribution in [0.1, 0.15) is 29.3 Å². The second kappa shape index (κ2) is 5.43. The highest BCUT2D eigenvalue weighted by molar-refractivity contribution is 5.96. The molecule has 102 valence electrons. The lowest BCUT2D eigenvalue weighted by molar-refractivity contribution is -0.124. The summed E-state index contributed by atoms with van der Waals surface area (Å²) in [5, 5.41) is 0. The molecule has 4 nitrogen and oxygen atoms in total. The molecule has 1 unspecified atom stereocenters. The number of benzene rings is 1. The van der Waals surface area contributed by atoms with Crippen molar-refractivity contribution in [2.45, 2.75) is 20.3 Å². The molecule has 1 atom stereocenters. The monoisotopic (exact) mass is 261 g/mol. The molecule has 19 heavy (non-hydrogen) atoms. The minimum Gasteiger partial charge on any atom is -0.496 e. The van der Waals surface area contributed by atoms with Crippen LogP contribution in [0, 0.1) is 12.8 Å². The number of hydrogen-bond donors (Lipinski definition) is 0. The molecular weight excluding hydrogens is 242 g/mol. The molecule has 0 aliphatic carbocycles. The highest BCUT2D eigenvalue weighted by Gasteiger charge is 2.27. The Morgan fingerprint density at radius 1 is 1.42 bits per heavy atom. The van der Waals surface area contributed by atoms with Crippen molar-refractivity contribution in [1.82, 2.24) is 4.90 Å². The van der Waals surface area contributed by atoms with E-state index in [9.17, 15) is 9.59 Å². The van der Waals surface area contributed by atoms with Gasteiger partial charge in [-0.15, -0.1) is 0 Å². The van der Waals surface area contributed by atoms with Crippen molar-refractivity contribution < 1.29 is 14.3 Å². The fourth-order valence-electron chi connectivity index (χ4n) is 2.34. The first-order valence-corrected chi connectivity index (χ1v) is 6.49. The summed E-state index contributed by atoms with van der Waals surface area (Å²) >= 11 is 0. The normalized spacial score (nSPS) is 19.4. The molecule has 1 saturated heterocycles. The minimum absolute atomic E-state index is 0.0300. The predicted octanol–water partition coefficient (Wildman–Crippen LogP) is 2.05. The number of amides is 1. The largest absolute Gasteiger partial charge is 0.496 e. The van der Waals surface area contributed by atoms with Crippen molar-refractivity contribution in [1.29, 1.82) is 0 Å². The first-order chi connectivity index (χ1) is 9.02. The SMILES string of the molecule is COc1cc(C(=O)N2CCC(=O)C(C)C2)ccc1C. The molecule has 0 bridgehead atoms. The minimum atomic E-state index is -0.0648. The Balaban J connectivity index is 2.18. The van der Waals surface area contributed by atoms with E-state index in [1.54, 1.807) is 24.1 Å². The molecular formula is C15H19NO3. The molecule has 1 aliphatic heterocycles. The Kier molecular flexibility index (Phi) is 3.88. The van der Waals surface area contributed by atoms with Gasteiger partial charge < -0.3 is 9.64 Å². The van der Waals surface area contributed by atoms with Crippen molar-refractivity contribution >= 4 is 11.7 Å². The third kappa shape index (κ3) is 2.78. The Morgan fingerprint density at radius 2 is 2.16 bits per heavy atom. The van der Waals surface area contributed by atoms with Gasteiger partial charge in [0, 0.05) is 31.0 Å². The van der Waals surface area contributed by atoms with Crippen LogP contribution in [-0.4, -0.2) is 36.8 Å². The van der Waals surface area contributed by atoms with Gasteiger partial charge in [-0.1, -0.05) is 13.0 Å². The molecule has 0 spiro atoms. The average Bonchev–Trinajstić information content (AvgIpc) is 2.41. The van der Waals surface area contributed by atoms with Crippen molar-refractivity contribution in [2.75, 3.05) is 20.2 Å². The molecule has 1 aromatic carbocycles. The van der Waals surface area contributed by atoms with Crippen LogP contribution in [0.4, 0.5) is 0 Å². The van der Waals surface area contributed by atoms with E-state index in [2.05, 4.69) is 0 Å². The van der Waals surface area contributed by atoms with Gasteiger partial charge in [0.2, 0.25) is 0 Å². The molecule has 1 heterocycles. The molecule has 2 rings (SSSR count). The van der Waals surface area contributed by atoms with Crippen LogP contribution in [0.5, 0.6) is 5.75 Å². The summed E-state index contributed by atoms with van der Waals surface area (Å²) in [6, 6.07) is 5.45. The predicted molar refractivity (Wildman–Crippen MR) is 72.4 cm³/mol. The number of methoxy groups -OCH3 is 1. The first kappa shape index (κ1) is 13.6. The van der Waals surface area contributed by atoms with Gasteiger partial charge in [-0.25, -0.2) is 0 Å². The summed E-state index contributed by atoms with van der Waals surface area (Å²) in [7, 11) is 1.60. The van der Waals surface area contributed by atoms with Gasteiger partial charge in [0.15, 0.2) is 0 Å². The van der Waals surface area contributed by atoms with Gasteiger partial charge in [0.1, 0.15) is 11.5 Å². The zero-order valence-electron chi connectivity index (χ0n) is 11.6. The number of carbonyl (C=O) groups is 2. The van der Waals surface area contributed by atoms with Crippen molar-refractivity contribution in [2.24, 2.45) is 5.92 Å². The van der Waals surface area contributed by atoms with E-state index in [0.29, 0.717) is 30.8 Å². The third-order valence-corrected chi connectivity index (χ3v) is 3.61. The van der Waals surface area contributed by atoms with E-state index >= 15 is 0 Å². The number of piperidine rings is 1. The number of nitrogens with zero attached hydrogens (tertiary/aromatic N) is 1. The average molecular weight is 261 g/mol. The van der Waals surface area contributed by atoms with Crippen LogP contribution < -0.4 is 4.74 Å². The Labute approximate surface area is 113 Å². The van der Waals surface area contributed by atoms with Gasteiger partial charge in [0.25, 0.3) is 5.91 Å². The summed E-state index contributed by atoms with van der Waals surface area (Å²) in [4.78, 5) is 25.6. The molecule has 1 aliphatic rings. The van der Waals surface area contributed by atoms with E-state index in [-0.39, 0.29) is 17.6 Å². The number of rotatable bonds is 2. The van der Waals surface area contributed by atoms with Gasteiger partial charge in [-0.05, 0) is 24.6 Å². The Bertz CT molecular complexity index is 510. The van der Waals surface area contributed by atoms with Gasteiger partial charge in [0.05, 0.1) is 7.11 Å². The van der Waals surface area contributed by atoms with Crippen molar-refractivity contribution in [3.05, 3.63) is 29.3 Å². The van der Waals surface area contributed by atoms with Gasteiger partial charge >= 0.3 is 0 Å². The van der Waals surface area contributed by atoms with Crippen LogP contribution in [0.25, 0.3) is 0 Å². The molecule has 4 heteroatoms. The second-order valence-corrected chi connectivity index (χ2v) is 5.05. The maximum atomic E-state index is 12.4. The first-order valence-electron chi connectivity index (χ1n) is 6.49. The van der Waals surface area contributed by atoms with E-state index in [1.165, 1.54) is 0 Å². The molecule has 0 saturated carbocycles. The molecule has 0 aromatic heterocycles. The maximum Gasteiger partial charge on any atom is 0.254 e. The lowest BCUT2D eigenvalue weighted by Gasteiger charge is -2.30. The molecule has 1 aromatic rings. The lowest BCUT2D eigenvalue weighted by atomic mass is 9.98. The van der Waals surface area contributed by atoms with Crippen LogP contribution in [0.3, 0.4) is 0 Å². The van der Waals surface area contributed by atoms with E-state index in [4.69, 9.17) is 4.74 Å². The third-order valence-electron chi connectivity index (χ3n) is 3.61. The van der Waals surface area contributed by atoms with E-state index < -0.39 is 0 Å². The van der Waals surface area contributed by atoms with Gasteiger partial charge in [-0.2, -0.15) is 0 Å². The lowest BCUT2D eigenvalue weighted by Crippen LogP contribution is -2.43. The fraction of sp³-hybridized carbons (Fsp3) is 0.467. The summed E-state index contributed by atoms with van der Waals surface area (Å²) in [5.41, 5.74) is 1.62. The topological polar surface area (TPSA) is 46.6 Å². The van der Waals surface area contributed by atoms with E-state index in [1.807, 2.05) is 19.9 Å². The Morgan fingerprint density at radius 3 is 2.79 bits per heavy atom. The smallest absolute Gasteiger partial charge is 0.254 e. The van der Waals surface area contributed by atoms with E-state index in [0.717, 1.165) is 5.56 Å². The van der Waals surface area contributed by atoms with Crippen molar-refractivity contribution in [3.8, 4) is 5.75 Å². The van der Waals surface area contributed by atoms with Crippen LogP contribution in [0.2, 0.25) is 0 Å². The van der Waals surface area contributed by atoms with Gasteiger partial charge in [-0.3, -0.25) is 9.59 Å². The van der Waals surface area contributed by atoms with Crippen molar-refractivity contribution in [3.63, 3.8) is 0 Å². The zero-order chi connectivity index (χ0) is 14.0. The maximum absolute atomic E-state index is 12.4. The highest BCUT2D eigenvalue weighted by atomic mass is 16.5. The quantitative estimate of drug-likeness (QED) is 0.818.